The zero-order valence-corrected chi connectivity index (χ0v) is 18.8. The van der Waals surface area contributed by atoms with Gasteiger partial charge in [0.2, 0.25) is 5.91 Å². The molecule has 1 unspecified atom stereocenters. The number of hydrogen-bond donors (Lipinski definition) is 1. The summed E-state index contributed by atoms with van der Waals surface area (Å²) in [6.45, 7) is 2.26. The molecule has 0 bridgehead atoms. The molecule has 3 aromatic carbocycles. The number of aromatic nitrogens is 3. The molecule has 1 atom stereocenters. The van der Waals surface area contributed by atoms with Crippen molar-refractivity contribution in [2.75, 3.05) is 5.32 Å². The first kappa shape index (κ1) is 22.0. The Morgan fingerprint density at radius 3 is 2.47 bits per heavy atom. The van der Waals surface area contributed by atoms with E-state index in [0.29, 0.717) is 22.5 Å². The van der Waals surface area contributed by atoms with E-state index in [1.807, 2.05) is 53.1 Å². The largest absolute Gasteiger partial charge is 0.323 e. The van der Waals surface area contributed by atoms with Gasteiger partial charge < -0.3 is 5.32 Å². The molecule has 1 amide bonds. The van der Waals surface area contributed by atoms with Crippen molar-refractivity contribution in [2.45, 2.75) is 23.9 Å². The number of amides is 1. The summed E-state index contributed by atoms with van der Waals surface area (Å²) in [5.41, 5.74) is 1.96. The van der Waals surface area contributed by atoms with Crippen LogP contribution in [-0.4, -0.2) is 25.9 Å². The molecule has 0 radical (unpaired) electrons. The number of carbonyl (C=O) groups excluding carboxylic acids is 1. The van der Waals surface area contributed by atoms with Crippen molar-refractivity contribution in [1.82, 2.24) is 14.8 Å². The standard InChI is InChI=1S/C24H20ClFN4OS/c1-16(23(31)27-21-14-8-7-13-20(21)26)32-24-29-28-22(18-11-5-6-12-19(18)25)30(24)15-17-9-3-2-4-10-17/h2-14,16H,15H2,1H3,(H,27,31). The summed E-state index contributed by atoms with van der Waals surface area (Å²) in [7, 11) is 0. The molecule has 4 aromatic rings. The van der Waals surface area contributed by atoms with Crippen molar-refractivity contribution in [3.8, 4) is 11.4 Å². The van der Waals surface area contributed by atoms with E-state index < -0.39 is 11.1 Å². The number of nitrogens with zero attached hydrogens (tertiary/aromatic N) is 3. The lowest BCUT2D eigenvalue weighted by Crippen LogP contribution is -2.23. The smallest absolute Gasteiger partial charge is 0.237 e. The average molecular weight is 467 g/mol. The lowest BCUT2D eigenvalue weighted by atomic mass is 10.2. The first-order chi connectivity index (χ1) is 15.5. The van der Waals surface area contributed by atoms with E-state index >= 15 is 0 Å². The van der Waals surface area contributed by atoms with Crippen molar-refractivity contribution < 1.29 is 9.18 Å². The summed E-state index contributed by atoms with van der Waals surface area (Å²) in [5.74, 6) is -0.191. The fourth-order valence-corrected chi connectivity index (χ4v) is 4.20. The van der Waals surface area contributed by atoms with E-state index in [1.54, 1.807) is 25.1 Å². The highest BCUT2D eigenvalue weighted by atomic mass is 35.5. The van der Waals surface area contributed by atoms with Gasteiger partial charge in [-0.3, -0.25) is 9.36 Å². The van der Waals surface area contributed by atoms with Gasteiger partial charge >= 0.3 is 0 Å². The fraction of sp³-hybridized carbons (Fsp3) is 0.125. The Morgan fingerprint density at radius 2 is 1.72 bits per heavy atom. The van der Waals surface area contributed by atoms with Gasteiger partial charge in [-0.1, -0.05) is 78.0 Å². The molecule has 0 aliphatic carbocycles. The van der Waals surface area contributed by atoms with Gasteiger partial charge in [0.05, 0.1) is 22.5 Å². The Kier molecular flexibility index (Phi) is 6.87. The summed E-state index contributed by atoms with van der Waals surface area (Å²) in [6, 6.07) is 23.4. The van der Waals surface area contributed by atoms with E-state index in [1.165, 1.54) is 23.9 Å². The highest BCUT2D eigenvalue weighted by molar-refractivity contribution is 8.00. The minimum atomic E-state index is -0.535. The maximum absolute atomic E-state index is 13.9. The van der Waals surface area contributed by atoms with E-state index in [2.05, 4.69) is 15.5 Å². The van der Waals surface area contributed by atoms with E-state index in [9.17, 15) is 9.18 Å². The first-order valence-corrected chi connectivity index (χ1v) is 11.2. The quantitative estimate of drug-likeness (QED) is 0.344. The molecule has 1 N–H and O–H groups in total. The Labute approximate surface area is 194 Å². The van der Waals surface area contributed by atoms with Crippen molar-refractivity contribution in [2.24, 2.45) is 0 Å². The predicted molar refractivity (Wildman–Crippen MR) is 126 cm³/mol. The van der Waals surface area contributed by atoms with Gasteiger partial charge in [0, 0.05) is 5.56 Å². The fourth-order valence-electron chi connectivity index (χ4n) is 3.13. The van der Waals surface area contributed by atoms with Gasteiger partial charge in [0.1, 0.15) is 5.82 Å². The Hall–Kier alpha value is -3.16. The first-order valence-electron chi connectivity index (χ1n) is 9.97. The van der Waals surface area contributed by atoms with E-state index in [4.69, 9.17) is 11.6 Å². The molecule has 0 fully saturated rings. The van der Waals surface area contributed by atoms with Crippen LogP contribution >= 0.6 is 23.4 Å². The predicted octanol–water partition coefficient (Wildman–Crippen LogP) is 5.91. The van der Waals surface area contributed by atoms with Crippen LogP contribution in [0.15, 0.2) is 84.0 Å². The summed E-state index contributed by atoms with van der Waals surface area (Å²) in [4.78, 5) is 12.7. The Balaban J connectivity index is 1.62. The van der Waals surface area contributed by atoms with E-state index in [0.717, 1.165) is 11.1 Å². The third-order valence-corrected chi connectivity index (χ3v) is 6.21. The third-order valence-electron chi connectivity index (χ3n) is 4.80. The number of thioether (sulfide) groups is 1. The number of anilines is 1. The van der Waals surface area contributed by atoms with Gasteiger partial charge in [0.25, 0.3) is 0 Å². The maximum Gasteiger partial charge on any atom is 0.237 e. The highest BCUT2D eigenvalue weighted by Gasteiger charge is 2.22. The van der Waals surface area contributed by atoms with Crippen molar-refractivity contribution >= 4 is 35.0 Å². The normalized spacial score (nSPS) is 11.8. The minimum absolute atomic E-state index is 0.146. The molecule has 5 nitrogen and oxygen atoms in total. The van der Waals surface area contributed by atoms with Crippen LogP contribution in [0.4, 0.5) is 10.1 Å². The van der Waals surface area contributed by atoms with Gasteiger partial charge in [-0.15, -0.1) is 10.2 Å². The van der Waals surface area contributed by atoms with Crippen LogP contribution in [-0.2, 0) is 11.3 Å². The van der Waals surface area contributed by atoms with Gasteiger partial charge in [-0.2, -0.15) is 0 Å². The van der Waals surface area contributed by atoms with Crippen LogP contribution in [0.2, 0.25) is 5.02 Å². The third kappa shape index (κ3) is 5.00. The van der Waals surface area contributed by atoms with Crippen LogP contribution in [0.5, 0.6) is 0 Å². The van der Waals surface area contributed by atoms with Crippen molar-refractivity contribution in [3.05, 3.63) is 95.3 Å². The molecule has 1 aromatic heterocycles. The number of benzene rings is 3. The number of nitrogens with one attached hydrogen (secondary N) is 1. The summed E-state index contributed by atoms with van der Waals surface area (Å²) < 4.78 is 15.9. The molecule has 0 aliphatic heterocycles. The zero-order valence-electron chi connectivity index (χ0n) is 17.2. The second kappa shape index (κ2) is 9.97. The van der Waals surface area contributed by atoms with Crippen LogP contribution in [0.25, 0.3) is 11.4 Å². The second-order valence-corrected chi connectivity index (χ2v) is 8.80. The SMILES string of the molecule is CC(Sc1nnc(-c2ccccc2Cl)n1Cc1ccccc1)C(=O)Nc1ccccc1F. The topological polar surface area (TPSA) is 59.8 Å². The molecule has 8 heteroatoms. The summed E-state index contributed by atoms with van der Waals surface area (Å²) >= 11 is 7.67. The van der Waals surface area contributed by atoms with Crippen LogP contribution in [0.3, 0.4) is 0 Å². The maximum atomic E-state index is 13.9. The lowest BCUT2D eigenvalue weighted by Gasteiger charge is -2.14. The van der Waals surface area contributed by atoms with Crippen LogP contribution in [0, 0.1) is 5.82 Å². The van der Waals surface area contributed by atoms with Gasteiger partial charge in [-0.25, -0.2) is 4.39 Å². The van der Waals surface area contributed by atoms with Crippen molar-refractivity contribution in [3.63, 3.8) is 0 Å². The second-order valence-electron chi connectivity index (χ2n) is 7.09. The molecule has 4 rings (SSSR count). The molecule has 162 valence electrons. The molecule has 0 saturated carbocycles. The monoisotopic (exact) mass is 466 g/mol. The van der Waals surface area contributed by atoms with Crippen LogP contribution < -0.4 is 5.32 Å². The molecule has 1 heterocycles. The highest BCUT2D eigenvalue weighted by Crippen LogP contribution is 2.31. The molecular weight excluding hydrogens is 447 g/mol. The van der Waals surface area contributed by atoms with Crippen LogP contribution in [0.1, 0.15) is 12.5 Å². The number of rotatable bonds is 7. The minimum Gasteiger partial charge on any atom is -0.323 e. The van der Waals surface area contributed by atoms with Gasteiger partial charge in [-0.05, 0) is 36.8 Å². The number of halogens is 2. The Morgan fingerprint density at radius 1 is 1.03 bits per heavy atom. The zero-order chi connectivity index (χ0) is 22.5. The number of hydrogen-bond acceptors (Lipinski definition) is 4. The summed E-state index contributed by atoms with van der Waals surface area (Å²) in [6.07, 6.45) is 0. The lowest BCUT2D eigenvalue weighted by molar-refractivity contribution is -0.115. The van der Waals surface area contributed by atoms with Gasteiger partial charge in [0.15, 0.2) is 11.0 Å². The molecule has 32 heavy (non-hydrogen) atoms. The molecule has 0 spiro atoms. The van der Waals surface area contributed by atoms with E-state index in [-0.39, 0.29) is 11.6 Å². The molecule has 0 saturated heterocycles. The molecule has 0 aliphatic rings. The average Bonchev–Trinajstić information content (AvgIpc) is 3.18. The summed E-state index contributed by atoms with van der Waals surface area (Å²) in [5, 5.41) is 11.9. The number of para-hydroxylation sites is 1. The van der Waals surface area contributed by atoms with Crippen molar-refractivity contribution in [1.29, 1.82) is 0 Å². The Bertz CT molecular complexity index is 1230. The molecular formula is C24H20ClFN4OS. The number of carbonyl (C=O) groups is 1.